The number of nitrogens with zero attached hydrogens (tertiary/aromatic N) is 3. The van der Waals surface area contributed by atoms with Gasteiger partial charge in [0.1, 0.15) is 0 Å². The summed E-state index contributed by atoms with van der Waals surface area (Å²) in [4.78, 5) is 8.02. The summed E-state index contributed by atoms with van der Waals surface area (Å²) in [5.74, 6) is 1.41. The van der Waals surface area contributed by atoms with Crippen molar-refractivity contribution in [2.24, 2.45) is 0 Å². The Bertz CT molecular complexity index is 545. The molecule has 3 heterocycles. The molecular weight excluding hydrogens is 308 g/mol. The van der Waals surface area contributed by atoms with Crippen LogP contribution in [0, 0.1) is 0 Å². The highest BCUT2D eigenvalue weighted by Crippen LogP contribution is 2.26. The number of hydrogen-bond donors (Lipinski definition) is 1. The van der Waals surface area contributed by atoms with Gasteiger partial charge in [0.2, 0.25) is 11.7 Å². The van der Waals surface area contributed by atoms with Crippen LogP contribution < -0.4 is 5.32 Å². The molecule has 116 valence electrons. The molecule has 0 aliphatic carbocycles. The van der Waals surface area contributed by atoms with Crippen molar-refractivity contribution in [2.45, 2.75) is 31.8 Å². The molecule has 3 rings (SSSR count). The molecular formula is C14H21ClN4OS. The SMILES string of the molecule is CNC1CCCN(C(C)c2nc(-c3cccs3)no2)C1.Cl. The summed E-state index contributed by atoms with van der Waals surface area (Å²) >= 11 is 1.63. The number of rotatable bonds is 4. The highest BCUT2D eigenvalue weighted by Gasteiger charge is 2.27. The number of aromatic nitrogens is 2. The topological polar surface area (TPSA) is 54.2 Å². The molecule has 1 fully saturated rings. The van der Waals surface area contributed by atoms with Gasteiger partial charge in [-0.2, -0.15) is 4.98 Å². The molecule has 2 aromatic heterocycles. The van der Waals surface area contributed by atoms with E-state index in [4.69, 9.17) is 4.52 Å². The van der Waals surface area contributed by atoms with Crippen molar-refractivity contribution in [3.8, 4) is 10.7 Å². The van der Waals surface area contributed by atoms with Gasteiger partial charge in [0.05, 0.1) is 10.9 Å². The molecule has 1 aliphatic heterocycles. The van der Waals surface area contributed by atoms with Gasteiger partial charge in [0.15, 0.2) is 0 Å². The Hall–Kier alpha value is -0.950. The quantitative estimate of drug-likeness (QED) is 0.935. The molecule has 0 spiro atoms. The van der Waals surface area contributed by atoms with E-state index in [-0.39, 0.29) is 18.4 Å². The lowest BCUT2D eigenvalue weighted by atomic mass is 10.0. The van der Waals surface area contributed by atoms with Crippen molar-refractivity contribution in [2.75, 3.05) is 20.1 Å². The molecule has 1 N–H and O–H groups in total. The van der Waals surface area contributed by atoms with Crippen LogP contribution in [-0.2, 0) is 0 Å². The fourth-order valence-electron chi connectivity index (χ4n) is 2.66. The first-order valence-corrected chi connectivity index (χ1v) is 7.94. The second-order valence-corrected chi connectivity index (χ2v) is 6.18. The number of halogens is 1. The van der Waals surface area contributed by atoms with Crippen LogP contribution in [0.4, 0.5) is 0 Å². The number of hydrogen-bond acceptors (Lipinski definition) is 6. The van der Waals surface area contributed by atoms with Gasteiger partial charge in [-0.1, -0.05) is 11.2 Å². The van der Waals surface area contributed by atoms with Crippen molar-refractivity contribution >= 4 is 23.7 Å². The Morgan fingerprint density at radius 3 is 3.10 bits per heavy atom. The van der Waals surface area contributed by atoms with E-state index in [0.717, 1.165) is 18.0 Å². The fraction of sp³-hybridized carbons (Fsp3) is 0.571. The molecule has 1 saturated heterocycles. The van der Waals surface area contributed by atoms with Crippen LogP contribution in [0.1, 0.15) is 31.7 Å². The first-order valence-electron chi connectivity index (χ1n) is 7.06. The Morgan fingerprint density at radius 2 is 2.38 bits per heavy atom. The third-order valence-corrected chi connectivity index (χ3v) is 4.82. The molecule has 0 aromatic carbocycles. The second kappa shape index (κ2) is 7.35. The molecule has 21 heavy (non-hydrogen) atoms. The normalized spacial score (nSPS) is 21.0. The van der Waals surface area contributed by atoms with Gasteiger partial charge in [-0.25, -0.2) is 0 Å². The minimum absolute atomic E-state index is 0. The standard InChI is InChI=1S/C14H20N4OS.ClH/c1-10(18-7-3-5-11(9-18)15-2)14-16-13(17-19-14)12-6-4-8-20-12;/h4,6,8,10-11,15H,3,5,7,9H2,1-2H3;1H. The van der Waals surface area contributed by atoms with Crippen LogP contribution in [0.25, 0.3) is 10.7 Å². The molecule has 2 unspecified atom stereocenters. The number of piperidine rings is 1. The van der Waals surface area contributed by atoms with E-state index in [0.29, 0.717) is 17.8 Å². The minimum atomic E-state index is 0. The Kier molecular flexibility index (Phi) is 5.75. The molecule has 0 radical (unpaired) electrons. The highest BCUT2D eigenvalue weighted by atomic mass is 35.5. The third kappa shape index (κ3) is 3.63. The maximum absolute atomic E-state index is 5.46. The Balaban J connectivity index is 0.00000161. The zero-order chi connectivity index (χ0) is 13.9. The van der Waals surface area contributed by atoms with Crippen LogP contribution in [-0.4, -0.2) is 41.2 Å². The predicted octanol–water partition coefficient (Wildman–Crippen LogP) is 2.96. The van der Waals surface area contributed by atoms with Crippen LogP contribution in [0.5, 0.6) is 0 Å². The lowest BCUT2D eigenvalue weighted by Crippen LogP contribution is -2.45. The largest absolute Gasteiger partial charge is 0.337 e. The van der Waals surface area contributed by atoms with Crippen LogP contribution in [0.15, 0.2) is 22.0 Å². The monoisotopic (exact) mass is 328 g/mol. The maximum Gasteiger partial charge on any atom is 0.244 e. The molecule has 0 amide bonds. The Morgan fingerprint density at radius 1 is 1.52 bits per heavy atom. The molecule has 2 atom stereocenters. The average Bonchev–Trinajstić information content (AvgIpc) is 3.17. The van der Waals surface area contributed by atoms with E-state index in [1.807, 2.05) is 24.6 Å². The zero-order valence-corrected chi connectivity index (χ0v) is 13.9. The zero-order valence-electron chi connectivity index (χ0n) is 12.3. The van der Waals surface area contributed by atoms with Crippen molar-refractivity contribution in [3.05, 3.63) is 23.4 Å². The number of likely N-dealkylation sites (tertiary alicyclic amines) is 1. The minimum Gasteiger partial charge on any atom is -0.337 e. The van der Waals surface area contributed by atoms with E-state index in [2.05, 4.69) is 27.3 Å². The van der Waals surface area contributed by atoms with Crippen molar-refractivity contribution in [1.82, 2.24) is 20.4 Å². The van der Waals surface area contributed by atoms with Crippen molar-refractivity contribution in [3.63, 3.8) is 0 Å². The lowest BCUT2D eigenvalue weighted by Gasteiger charge is -2.35. The molecule has 1 aliphatic rings. The van der Waals surface area contributed by atoms with E-state index in [1.165, 1.54) is 12.8 Å². The van der Waals surface area contributed by atoms with Crippen LogP contribution in [0.2, 0.25) is 0 Å². The number of likely N-dealkylation sites (N-methyl/N-ethyl adjacent to an activating group) is 1. The summed E-state index contributed by atoms with van der Waals surface area (Å²) in [6.45, 7) is 4.27. The molecule has 7 heteroatoms. The maximum atomic E-state index is 5.46. The summed E-state index contributed by atoms with van der Waals surface area (Å²) < 4.78 is 5.46. The first-order chi connectivity index (χ1) is 9.78. The number of thiophene rings is 1. The van der Waals surface area contributed by atoms with Crippen LogP contribution >= 0.6 is 23.7 Å². The van der Waals surface area contributed by atoms with E-state index in [9.17, 15) is 0 Å². The highest BCUT2D eigenvalue weighted by molar-refractivity contribution is 7.13. The molecule has 0 saturated carbocycles. The molecule has 2 aromatic rings. The molecule has 5 nitrogen and oxygen atoms in total. The third-order valence-electron chi connectivity index (χ3n) is 3.95. The lowest BCUT2D eigenvalue weighted by molar-refractivity contribution is 0.126. The van der Waals surface area contributed by atoms with Crippen molar-refractivity contribution < 1.29 is 4.52 Å². The van der Waals surface area contributed by atoms with E-state index >= 15 is 0 Å². The van der Waals surface area contributed by atoms with Crippen LogP contribution in [0.3, 0.4) is 0 Å². The first kappa shape index (κ1) is 16.4. The summed E-state index contributed by atoms with van der Waals surface area (Å²) in [6, 6.07) is 4.75. The van der Waals surface area contributed by atoms with Crippen molar-refractivity contribution in [1.29, 1.82) is 0 Å². The summed E-state index contributed by atoms with van der Waals surface area (Å²) in [5.41, 5.74) is 0. The molecule has 0 bridgehead atoms. The summed E-state index contributed by atoms with van der Waals surface area (Å²) in [7, 11) is 2.03. The van der Waals surface area contributed by atoms with Gasteiger partial charge in [0.25, 0.3) is 0 Å². The Labute approximate surface area is 135 Å². The summed E-state index contributed by atoms with van der Waals surface area (Å²) in [6.07, 6.45) is 2.45. The van der Waals surface area contributed by atoms with Gasteiger partial charge in [-0.05, 0) is 44.8 Å². The predicted molar refractivity (Wildman–Crippen MR) is 86.9 cm³/mol. The average molecular weight is 329 g/mol. The van der Waals surface area contributed by atoms with Gasteiger partial charge in [0, 0.05) is 12.6 Å². The van der Waals surface area contributed by atoms with E-state index in [1.54, 1.807) is 11.3 Å². The van der Waals surface area contributed by atoms with Gasteiger partial charge < -0.3 is 9.84 Å². The second-order valence-electron chi connectivity index (χ2n) is 5.23. The van der Waals surface area contributed by atoms with Gasteiger partial charge in [-0.3, -0.25) is 4.90 Å². The van der Waals surface area contributed by atoms with Gasteiger partial charge in [-0.15, -0.1) is 23.7 Å². The smallest absolute Gasteiger partial charge is 0.244 e. The summed E-state index contributed by atoms with van der Waals surface area (Å²) in [5, 5.41) is 9.48. The van der Waals surface area contributed by atoms with Gasteiger partial charge >= 0.3 is 0 Å². The fourth-order valence-corrected chi connectivity index (χ4v) is 3.31. The van der Waals surface area contributed by atoms with E-state index < -0.39 is 0 Å². The number of nitrogens with one attached hydrogen (secondary N) is 1.